The predicted molar refractivity (Wildman–Crippen MR) is 153 cm³/mol. The number of benzene rings is 2. The predicted octanol–water partition coefficient (Wildman–Crippen LogP) is 4.78. The van der Waals surface area contributed by atoms with Crippen LogP contribution in [-0.4, -0.2) is 52.5 Å². The number of carbonyl (C=O) groups is 4. The van der Waals surface area contributed by atoms with Crippen molar-refractivity contribution in [3.8, 4) is 0 Å². The Morgan fingerprint density at radius 3 is 2.29 bits per heavy atom. The van der Waals surface area contributed by atoms with E-state index in [1.54, 1.807) is 36.1 Å². The highest BCUT2D eigenvalue weighted by Crippen LogP contribution is 2.18. The number of aryl methyl sites for hydroxylation is 1. The van der Waals surface area contributed by atoms with Gasteiger partial charge < -0.3 is 20.6 Å². The van der Waals surface area contributed by atoms with Gasteiger partial charge in [0.1, 0.15) is 0 Å². The van der Waals surface area contributed by atoms with Gasteiger partial charge in [-0.3, -0.25) is 14.4 Å². The lowest BCUT2D eigenvalue weighted by Crippen LogP contribution is -2.43. The minimum atomic E-state index is -1.15. The van der Waals surface area contributed by atoms with Gasteiger partial charge in [-0.05, 0) is 48.6 Å². The number of hydrogen-bond acceptors (Lipinski definition) is 5. The number of carbonyl (C=O) groups excluding carboxylic acids is 3. The molecule has 0 aliphatic rings. The van der Waals surface area contributed by atoms with Gasteiger partial charge in [0.15, 0.2) is 0 Å². The van der Waals surface area contributed by atoms with Gasteiger partial charge in [-0.25, -0.2) is 4.79 Å². The van der Waals surface area contributed by atoms with E-state index in [2.05, 4.69) is 30.2 Å². The number of aromatic carboxylic acids is 1. The van der Waals surface area contributed by atoms with Crippen molar-refractivity contribution in [3.63, 3.8) is 0 Å². The van der Waals surface area contributed by atoms with E-state index in [1.165, 1.54) is 6.07 Å². The molecule has 0 bridgehead atoms. The van der Waals surface area contributed by atoms with Crippen molar-refractivity contribution in [3.05, 3.63) is 64.7 Å². The summed E-state index contributed by atoms with van der Waals surface area (Å²) >= 11 is 4.26. The van der Waals surface area contributed by atoms with Gasteiger partial charge in [0, 0.05) is 30.4 Å². The smallest absolute Gasteiger partial charge is 0.336 e. The van der Waals surface area contributed by atoms with Crippen LogP contribution in [0, 0.1) is 18.8 Å². The molecule has 38 heavy (non-hydrogen) atoms. The number of hydrogen-bond donors (Lipinski definition) is 4. The summed E-state index contributed by atoms with van der Waals surface area (Å²) in [6.45, 7) is 8.53. The molecule has 0 aromatic heterocycles. The molecule has 0 spiro atoms. The Balaban J connectivity index is 2.08. The van der Waals surface area contributed by atoms with E-state index in [4.69, 9.17) is 0 Å². The van der Waals surface area contributed by atoms with E-state index < -0.39 is 11.9 Å². The first kappa shape index (κ1) is 30.9. The van der Waals surface area contributed by atoms with Crippen LogP contribution < -0.4 is 10.6 Å². The van der Waals surface area contributed by atoms with Crippen molar-refractivity contribution in [2.75, 3.05) is 24.2 Å². The molecule has 8 nitrogen and oxygen atoms in total. The Morgan fingerprint density at radius 2 is 1.71 bits per heavy atom. The van der Waals surface area contributed by atoms with Gasteiger partial charge in [0.05, 0.1) is 17.7 Å². The van der Waals surface area contributed by atoms with Crippen LogP contribution in [0.2, 0.25) is 0 Å². The Bertz CT molecular complexity index is 1120. The van der Waals surface area contributed by atoms with E-state index >= 15 is 0 Å². The number of nitrogens with zero attached hydrogens (tertiary/aromatic N) is 1. The topological polar surface area (TPSA) is 116 Å². The number of thiol groups is 1. The van der Waals surface area contributed by atoms with Crippen LogP contribution in [-0.2, 0) is 16.1 Å². The molecule has 0 saturated heterocycles. The zero-order chi connectivity index (χ0) is 28.2. The second-order valence-corrected chi connectivity index (χ2v) is 10.1. The van der Waals surface area contributed by atoms with Crippen molar-refractivity contribution in [2.45, 2.75) is 53.5 Å². The summed E-state index contributed by atoms with van der Waals surface area (Å²) < 4.78 is 0. The molecule has 2 aromatic rings. The fourth-order valence-corrected chi connectivity index (χ4v) is 4.69. The lowest BCUT2D eigenvalue weighted by atomic mass is 9.97. The summed E-state index contributed by atoms with van der Waals surface area (Å²) in [6.07, 6.45) is 2.88. The molecular weight excluding hydrogens is 502 g/mol. The number of anilines is 1. The molecule has 206 valence electrons. The van der Waals surface area contributed by atoms with Crippen LogP contribution in [0.25, 0.3) is 0 Å². The van der Waals surface area contributed by atoms with E-state index in [0.717, 1.165) is 24.8 Å². The monoisotopic (exact) mass is 541 g/mol. The average molecular weight is 542 g/mol. The molecule has 0 saturated carbocycles. The van der Waals surface area contributed by atoms with Gasteiger partial charge in [-0.2, -0.15) is 12.6 Å². The molecule has 0 aliphatic heterocycles. The molecule has 9 heteroatoms. The molecule has 0 heterocycles. The third kappa shape index (κ3) is 8.90. The first-order chi connectivity index (χ1) is 18.1. The first-order valence-corrected chi connectivity index (χ1v) is 13.6. The Labute approximate surface area is 230 Å². The van der Waals surface area contributed by atoms with Crippen LogP contribution in [0.15, 0.2) is 42.5 Å². The molecule has 1 atom stereocenters. The average Bonchev–Trinajstić information content (AvgIpc) is 2.87. The Kier molecular flexibility index (Phi) is 12.3. The fraction of sp³-hybridized carbons (Fsp3) is 0.448. The maximum Gasteiger partial charge on any atom is 0.336 e. The maximum atomic E-state index is 13.0. The lowest BCUT2D eigenvalue weighted by molar-refractivity contribution is -0.134. The van der Waals surface area contributed by atoms with E-state index in [1.807, 2.05) is 26.0 Å². The number of carboxylic acids is 1. The van der Waals surface area contributed by atoms with Crippen LogP contribution in [0.4, 0.5) is 5.69 Å². The zero-order valence-corrected chi connectivity index (χ0v) is 23.5. The van der Waals surface area contributed by atoms with Gasteiger partial charge in [-0.15, -0.1) is 0 Å². The van der Waals surface area contributed by atoms with Crippen LogP contribution in [0.3, 0.4) is 0 Å². The maximum absolute atomic E-state index is 13.0. The van der Waals surface area contributed by atoms with E-state index in [9.17, 15) is 24.3 Å². The number of unbranched alkanes of at least 4 members (excludes halogenated alkanes) is 2. The van der Waals surface area contributed by atoms with Crippen molar-refractivity contribution < 1.29 is 24.3 Å². The molecule has 0 radical (unpaired) electrons. The number of amides is 3. The van der Waals surface area contributed by atoms with Crippen molar-refractivity contribution in [2.24, 2.45) is 11.8 Å². The number of nitrogens with one attached hydrogen (secondary N) is 2. The summed E-state index contributed by atoms with van der Waals surface area (Å²) in [5.74, 6) is -1.70. The van der Waals surface area contributed by atoms with Gasteiger partial charge in [-0.1, -0.05) is 57.9 Å². The second kappa shape index (κ2) is 15.2. The summed E-state index contributed by atoms with van der Waals surface area (Å²) in [7, 11) is 0. The van der Waals surface area contributed by atoms with Crippen molar-refractivity contribution in [1.82, 2.24) is 10.2 Å². The molecule has 1 unspecified atom stereocenters. The standard InChI is InChI=1S/C29H39N3O5S/c1-5-6-7-15-32(25(33)16-30-27(34)24(18-38)19(2)3)17-21-11-13-22(14-12-21)31-28(35)23-10-8-9-20(4)26(23)29(36)37/h8-14,19,24,38H,5-7,15-18H2,1-4H3,(H,30,34)(H,31,35)(H,36,37). The third-order valence-corrected chi connectivity index (χ3v) is 6.85. The zero-order valence-electron chi connectivity index (χ0n) is 22.6. The Morgan fingerprint density at radius 1 is 1.03 bits per heavy atom. The van der Waals surface area contributed by atoms with Gasteiger partial charge in [0.25, 0.3) is 5.91 Å². The quantitative estimate of drug-likeness (QED) is 0.203. The molecule has 0 fully saturated rings. The molecule has 2 rings (SSSR count). The van der Waals surface area contributed by atoms with Gasteiger partial charge >= 0.3 is 5.97 Å². The highest BCUT2D eigenvalue weighted by Gasteiger charge is 2.22. The minimum Gasteiger partial charge on any atom is -0.478 e. The summed E-state index contributed by atoms with van der Waals surface area (Å²) in [6, 6.07) is 11.9. The van der Waals surface area contributed by atoms with Crippen molar-refractivity contribution >= 4 is 42.0 Å². The number of carboxylic acid groups (broad SMARTS) is 1. The molecular formula is C29H39N3O5S. The van der Waals surface area contributed by atoms with Crippen LogP contribution in [0.5, 0.6) is 0 Å². The lowest BCUT2D eigenvalue weighted by Gasteiger charge is -2.24. The van der Waals surface area contributed by atoms with E-state index in [0.29, 0.717) is 30.1 Å². The second-order valence-electron chi connectivity index (χ2n) is 9.73. The van der Waals surface area contributed by atoms with Crippen molar-refractivity contribution in [1.29, 1.82) is 0 Å². The fourth-order valence-electron chi connectivity index (χ4n) is 4.10. The number of rotatable bonds is 14. The van der Waals surface area contributed by atoms with Gasteiger partial charge in [0.2, 0.25) is 11.8 Å². The first-order valence-electron chi connectivity index (χ1n) is 13.0. The SMILES string of the molecule is CCCCCN(Cc1ccc(NC(=O)c2cccc(C)c2C(=O)O)cc1)C(=O)CNC(=O)C(CS)C(C)C. The highest BCUT2D eigenvalue weighted by atomic mass is 32.1. The molecule has 3 N–H and O–H groups in total. The summed E-state index contributed by atoms with van der Waals surface area (Å²) in [5, 5.41) is 15.0. The molecule has 3 amide bonds. The van der Waals surface area contributed by atoms with Crippen LogP contribution in [0.1, 0.15) is 71.9 Å². The highest BCUT2D eigenvalue weighted by molar-refractivity contribution is 7.80. The molecule has 0 aliphatic carbocycles. The molecule has 2 aromatic carbocycles. The summed E-state index contributed by atoms with van der Waals surface area (Å²) in [5.41, 5.74) is 1.96. The minimum absolute atomic E-state index is 0.0240. The van der Waals surface area contributed by atoms with E-state index in [-0.39, 0.29) is 41.3 Å². The van der Waals surface area contributed by atoms with Crippen LogP contribution >= 0.6 is 12.6 Å². The normalized spacial score (nSPS) is 11.6. The Hall–Kier alpha value is -3.33. The summed E-state index contributed by atoms with van der Waals surface area (Å²) in [4.78, 5) is 51.6. The third-order valence-electron chi connectivity index (χ3n) is 6.45. The largest absolute Gasteiger partial charge is 0.478 e.